The second-order valence-corrected chi connectivity index (χ2v) is 7.97. The number of carbonyl (C=O) groups excluding carboxylic acids is 1. The minimum atomic E-state index is -3.87. The van der Waals surface area contributed by atoms with Gasteiger partial charge in [-0.1, -0.05) is 35.9 Å². The molecular weight excluding hydrogens is 386 g/mol. The predicted molar refractivity (Wildman–Crippen MR) is 106 cm³/mol. The van der Waals surface area contributed by atoms with Crippen molar-refractivity contribution in [1.29, 1.82) is 0 Å². The SMILES string of the molecule is CC(=O)NS(=O)(=O)c1ccc(-c2cnc(N)c(-c3ccc(Cl)cc3)c2)cc1. The molecule has 27 heavy (non-hydrogen) atoms. The van der Waals surface area contributed by atoms with Gasteiger partial charge in [0.2, 0.25) is 5.91 Å². The summed E-state index contributed by atoms with van der Waals surface area (Å²) in [6, 6.07) is 15.3. The quantitative estimate of drug-likeness (QED) is 0.696. The van der Waals surface area contributed by atoms with Crippen molar-refractivity contribution >= 4 is 33.3 Å². The van der Waals surface area contributed by atoms with Gasteiger partial charge in [-0.05, 0) is 41.5 Å². The Balaban J connectivity index is 1.96. The third-order valence-corrected chi connectivity index (χ3v) is 5.55. The van der Waals surface area contributed by atoms with Gasteiger partial charge in [-0.15, -0.1) is 0 Å². The average Bonchev–Trinajstić information content (AvgIpc) is 2.62. The van der Waals surface area contributed by atoms with E-state index in [9.17, 15) is 13.2 Å². The summed E-state index contributed by atoms with van der Waals surface area (Å²) in [7, 11) is -3.87. The Kier molecular flexibility index (Phi) is 5.16. The van der Waals surface area contributed by atoms with Crippen LogP contribution in [0, 0.1) is 0 Å². The molecule has 2 aromatic carbocycles. The van der Waals surface area contributed by atoms with E-state index in [-0.39, 0.29) is 4.90 Å². The number of benzene rings is 2. The topological polar surface area (TPSA) is 102 Å². The molecule has 0 spiro atoms. The monoisotopic (exact) mass is 401 g/mol. The Hall–Kier alpha value is -2.90. The van der Waals surface area contributed by atoms with E-state index in [0.717, 1.165) is 29.2 Å². The number of nitrogens with zero attached hydrogens (tertiary/aromatic N) is 1. The molecule has 1 heterocycles. The number of pyridine rings is 1. The number of sulfonamides is 1. The Labute approximate surface area is 162 Å². The molecule has 1 aromatic heterocycles. The maximum absolute atomic E-state index is 12.0. The standard InChI is InChI=1S/C19H16ClN3O3S/c1-12(24)23-27(25,26)17-8-4-13(5-9-17)15-10-18(19(21)22-11-15)14-2-6-16(20)7-3-14/h2-11H,1H3,(H2,21,22)(H,23,24). The molecule has 0 unspecified atom stereocenters. The third kappa shape index (κ3) is 4.27. The molecular formula is C19H16ClN3O3S. The average molecular weight is 402 g/mol. The van der Waals surface area contributed by atoms with Crippen LogP contribution in [0.25, 0.3) is 22.3 Å². The van der Waals surface area contributed by atoms with E-state index in [4.69, 9.17) is 17.3 Å². The number of hydrogen-bond donors (Lipinski definition) is 2. The van der Waals surface area contributed by atoms with Crippen LogP contribution < -0.4 is 10.5 Å². The molecule has 0 atom stereocenters. The first-order valence-electron chi connectivity index (χ1n) is 7.91. The first-order valence-corrected chi connectivity index (χ1v) is 9.78. The second kappa shape index (κ2) is 7.38. The summed E-state index contributed by atoms with van der Waals surface area (Å²) >= 11 is 5.93. The maximum atomic E-state index is 12.0. The predicted octanol–water partition coefficient (Wildman–Crippen LogP) is 3.48. The Morgan fingerprint density at radius 3 is 2.19 bits per heavy atom. The fraction of sp³-hybridized carbons (Fsp3) is 0.0526. The molecule has 0 radical (unpaired) electrons. The summed E-state index contributed by atoms with van der Waals surface area (Å²) in [4.78, 5) is 15.3. The highest BCUT2D eigenvalue weighted by molar-refractivity contribution is 7.90. The molecule has 0 aliphatic rings. The molecule has 3 aromatic rings. The van der Waals surface area contributed by atoms with E-state index in [0.29, 0.717) is 10.8 Å². The molecule has 3 rings (SSSR count). The van der Waals surface area contributed by atoms with Gasteiger partial charge >= 0.3 is 0 Å². The number of halogens is 1. The van der Waals surface area contributed by atoms with Crippen LogP contribution in [0.1, 0.15) is 6.92 Å². The van der Waals surface area contributed by atoms with Crippen LogP contribution in [0.3, 0.4) is 0 Å². The number of hydrogen-bond acceptors (Lipinski definition) is 5. The van der Waals surface area contributed by atoms with Crippen LogP contribution in [-0.2, 0) is 14.8 Å². The molecule has 0 saturated heterocycles. The summed E-state index contributed by atoms with van der Waals surface area (Å²) in [5.41, 5.74) is 9.16. The van der Waals surface area contributed by atoms with E-state index < -0.39 is 15.9 Å². The van der Waals surface area contributed by atoms with Crippen LogP contribution in [0.5, 0.6) is 0 Å². The van der Waals surface area contributed by atoms with Gasteiger partial charge in [0.15, 0.2) is 0 Å². The number of rotatable bonds is 4. The second-order valence-electron chi connectivity index (χ2n) is 5.85. The summed E-state index contributed by atoms with van der Waals surface area (Å²) in [6.07, 6.45) is 1.62. The van der Waals surface area contributed by atoms with Crippen LogP contribution in [0.2, 0.25) is 5.02 Å². The van der Waals surface area contributed by atoms with E-state index in [1.54, 1.807) is 30.5 Å². The molecule has 1 amide bonds. The van der Waals surface area contributed by atoms with Crippen molar-refractivity contribution in [3.63, 3.8) is 0 Å². The number of nitrogens with two attached hydrogens (primary N) is 1. The van der Waals surface area contributed by atoms with Crippen molar-refractivity contribution < 1.29 is 13.2 Å². The van der Waals surface area contributed by atoms with Gasteiger partial charge in [0.25, 0.3) is 10.0 Å². The fourth-order valence-corrected chi connectivity index (χ4v) is 3.69. The first-order chi connectivity index (χ1) is 12.8. The molecule has 8 heteroatoms. The number of carbonyl (C=O) groups is 1. The molecule has 3 N–H and O–H groups in total. The van der Waals surface area contributed by atoms with Gasteiger partial charge in [0, 0.05) is 29.3 Å². The molecule has 0 bridgehead atoms. The van der Waals surface area contributed by atoms with Crippen LogP contribution >= 0.6 is 11.6 Å². The highest BCUT2D eigenvalue weighted by atomic mass is 35.5. The molecule has 0 aliphatic carbocycles. The molecule has 0 aliphatic heterocycles. The van der Waals surface area contributed by atoms with Crippen LogP contribution in [0.4, 0.5) is 5.82 Å². The highest BCUT2D eigenvalue weighted by Gasteiger charge is 2.15. The Morgan fingerprint density at radius 1 is 1.00 bits per heavy atom. The van der Waals surface area contributed by atoms with E-state index in [1.807, 2.05) is 22.9 Å². The lowest BCUT2D eigenvalue weighted by Gasteiger charge is -2.10. The lowest BCUT2D eigenvalue weighted by atomic mass is 10.0. The van der Waals surface area contributed by atoms with Gasteiger partial charge in [0.05, 0.1) is 4.90 Å². The zero-order valence-electron chi connectivity index (χ0n) is 14.3. The van der Waals surface area contributed by atoms with Gasteiger partial charge in [-0.3, -0.25) is 4.79 Å². The van der Waals surface area contributed by atoms with Crippen molar-refractivity contribution in [3.05, 3.63) is 65.8 Å². The maximum Gasteiger partial charge on any atom is 0.264 e. The van der Waals surface area contributed by atoms with Crippen molar-refractivity contribution in [3.8, 4) is 22.3 Å². The summed E-state index contributed by atoms with van der Waals surface area (Å²) < 4.78 is 26.0. The Bertz CT molecular complexity index is 1100. The molecule has 0 fully saturated rings. The number of nitrogen functional groups attached to an aromatic ring is 1. The number of amides is 1. The van der Waals surface area contributed by atoms with Crippen LogP contribution in [-0.4, -0.2) is 19.3 Å². The third-order valence-electron chi connectivity index (χ3n) is 3.85. The van der Waals surface area contributed by atoms with E-state index in [1.165, 1.54) is 12.1 Å². The molecule has 6 nitrogen and oxygen atoms in total. The lowest BCUT2D eigenvalue weighted by Crippen LogP contribution is -2.28. The summed E-state index contributed by atoms with van der Waals surface area (Å²) in [5.74, 6) is -0.264. The van der Waals surface area contributed by atoms with Gasteiger partial charge in [-0.25, -0.2) is 18.1 Å². The minimum absolute atomic E-state index is 0.00257. The van der Waals surface area contributed by atoms with E-state index in [2.05, 4.69) is 4.98 Å². The fourth-order valence-electron chi connectivity index (χ4n) is 2.57. The van der Waals surface area contributed by atoms with Crippen molar-refractivity contribution in [2.45, 2.75) is 11.8 Å². The highest BCUT2D eigenvalue weighted by Crippen LogP contribution is 2.30. The van der Waals surface area contributed by atoms with Gasteiger partial charge < -0.3 is 5.73 Å². The van der Waals surface area contributed by atoms with Gasteiger partial charge in [-0.2, -0.15) is 0 Å². The van der Waals surface area contributed by atoms with Gasteiger partial charge in [0.1, 0.15) is 5.82 Å². The normalized spacial score (nSPS) is 11.2. The van der Waals surface area contributed by atoms with Crippen molar-refractivity contribution in [2.75, 3.05) is 5.73 Å². The zero-order valence-corrected chi connectivity index (χ0v) is 15.9. The summed E-state index contributed by atoms with van der Waals surface area (Å²) in [5, 5.41) is 0.623. The van der Waals surface area contributed by atoms with E-state index >= 15 is 0 Å². The lowest BCUT2D eigenvalue weighted by molar-refractivity contribution is -0.117. The minimum Gasteiger partial charge on any atom is -0.383 e. The zero-order chi connectivity index (χ0) is 19.6. The largest absolute Gasteiger partial charge is 0.383 e. The number of aromatic nitrogens is 1. The number of nitrogens with one attached hydrogen (secondary N) is 1. The number of anilines is 1. The summed E-state index contributed by atoms with van der Waals surface area (Å²) in [6.45, 7) is 1.14. The first kappa shape index (κ1) is 18.9. The van der Waals surface area contributed by atoms with Crippen molar-refractivity contribution in [2.24, 2.45) is 0 Å². The smallest absolute Gasteiger partial charge is 0.264 e. The van der Waals surface area contributed by atoms with Crippen LogP contribution in [0.15, 0.2) is 65.7 Å². The van der Waals surface area contributed by atoms with Crippen molar-refractivity contribution in [1.82, 2.24) is 9.71 Å². The molecule has 0 saturated carbocycles. The Morgan fingerprint density at radius 2 is 1.59 bits per heavy atom. The molecule has 138 valence electrons.